The Morgan fingerprint density at radius 1 is 1.04 bits per heavy atom. The summed E-state index contributed by atoms with van der Waals surface area (Å²) in [4.78, 5) is 4.26. The molecule has 0 aliphatic heterocycles. The van der Waals surface area contributed by atoms with Gasteiger partial charge in [0.15, 0.2) is 5.65 Å². The summed E-state index contributed by atoms with van der Waals surface area (Å²) >= 11 is 9.52. The number of nitrogens with one attached hydrogen (secondary N) is 2. The minimum absolute atomic E-state index is 0.692. The lowest BCUT2D eigenvalue weighted by atomic mass is 10.1. The second-order valence-corrected chi connectivity index (χ2v) is 6.59. The fraction of sp³-hybridized carbons (Fsp3) is 0. The van der Waals surface area contributed by atoms with Crippen molar-refractivity contribution in [3.8, 4) is 11.3 Å². The first-order chi connectivity index (χ1) is 11.7. The third-order valence-electron chi connectivity index (χ3n) is 3.69. The second-order valence-electron chi connectivity index (χ2n) is 5.30. The minimum atomic E-state index is 0.692. The summed E-state index contributed by atoms with van der Waals surface area (Å²) in [5, 5.41) is 12.4. The van der Waals surface area contributed by atoms with E-state index in [-0.39, 0.29) is 0 Å². The average Bonchev–Trinajstić information content (AvgIpc) is 3.02. The molecule has 0 saturated heterocycles. The van der Waals surface area contributed by atoms with Crippen LogP contribution in [0.1, 0.15) is 0 Å². The van der Waals surface area contributed by atoms with Crippen LogP contribution < -0.4 is 5.32 Å². The van der Waals surface area contributed by atoms with E-state index in [1.54, 1.807) is 6.20 Å². The number of pyridine rings is 1. The van der Waals surface area contributed by atoms with Crippen LogP contribution in [0.2, 0.25) is 5.02 Å². The maximum absolute atomic E-state index is 5.99. The third kappa shape index (κ3) is 2.88. The summed E-state index contributed by atoms with van der Waals surface area (Å²) in [7, 11) is 0. The highest BCUT2D eigenvalue weighted by atomic mass is 79.9. The highest BCUT2D eigenvalue weighted by molar-refractivity contribution is 9.10. The number of hydrogen-bond acceptors (Lipinski definition) is 3. The Hall–Kier alpha value is -2.37. The van der Waals surface area contributed by atoms with Gasteiger partial charge in [-0.1, -0.05) is 23.7 Å². The topological polar surface area (TPSA) is 53.6 Å². The standard InChI is InChI=1S/C18H12BrClN4/c19-15-10-12(20)6-7-16(15)22-13-4-1-3-11(9-13)17-14-5-2-8-21-18(14)24-23-17/h1-10,22H,(H,21,23,24). The van der Waals surface area contributed by atoms with Crippen LogP contribution in [-0.2, 0) is 0 Å². The molecule has 4 nitrogen and oxygen atoms in total. The molecule has 0 aliphatic carbocycles. The molecule has 6 heteroatoms. The summed E-state index contributed by atoms with van der Waals surface area (Å²) in [6.45, 7) is 0. The summed E-state index contributed by atoms with van der Waals surface area (Å²) in [5.74, 6) is 0. The number of benzene rings is 2. The second kappa shape index (κ2) is 6.26. The molecule has 4 rings (SSSR count). The number of hydrogen-bond donors (Lipinski definition) is 2. The van der Waals surface area contributed by atoms with Gasteiger partial charge < -0.3 is 5.32 Å². The lowest BCUT2D eigenvalue weighted by Crippen LogP contribution is -1.92. The van der Waals surface area contributed by atoms with Crippen molar-refractivity contribution in [2.75, 3.05) is 5.32 Å². The third-order valence-corrected chi connectivity index (χ3v) is 4.58. The van der Waals surface area contributed by atoms with E-state index in [4.69, 9.17) is 11.6 Å². The highest BCUT2D eigenvalue weighted by Crippen LogP contribution is 2.31. The molecule has 4 aromatic rings. The van der Waals surface area contributed by atoms with Crippen LogP contribution in [0.15, 0.2) is 65.3 Å². The summed E-state index contributed by atoms with van der Waals surface area (Å²) in [6, 6.07) is 17.7. The van der Waals surface area contributed by atoms with Crippen LogP contribution in [0.5, 0.6) is 0 Å². The Labute approximate surface area is 152 Å². The number of fused-ring (bicyclic) bond motifs is 1. The molecule has 118 valence electrons. The molecule has 0 bridgehead atoms. The van der Waals surface area contributed by atoms with Crippen molar-refractivity contribution in [3.05, 3.63) is 70.3 Å². The van der Waals surface area contributed by atoms with E-state index in [0.717, 1.165) is 32.5 Å². The normalized spacial score (nSPS) is 10.9. The first-order valence-corrected chi connectivity index (χ1v) is 8.49. The van der Waals surface area contributed by atoms with Gasteiger partial charge in [0.25, 0.3) is 0 Å². The first kappa shape index (κ1) is 15.2. The smallest absolute Gasteiger partial charge is 0.181 e. The molecule has 2 heterocycles. The minimum Gasteiger partial charge on any atom is -0.355 e. The molecule has 2 aromatic heterocycles. The maximum Gasteiger partial charge on any atom is 0.181 e. The largest absolute Gasteiger partial charge is 0.355 e. The van der Waals surface area contributed by atoms with Crippen LogP contribution in [0.3, 0.4) is 0 Å². The number of aromatic amines is 1. The quantitative estimate of drug-likeness (QED) is 0.459. The van der Waals surface area contributed by atoms with E-state index in [1.807, 2.05) is 48.5 Å². The van der Waals surface area contributed by atoms with Crippen molar-refractivity contribution in [1.29, 1.82) is 0 Å². The van der Waals surface area contributed by atoms with Gasteiger partial charge >= 0.3 is 0 Å². The lowest BCUT2D eigenvalue weighted by Gasteiger charge is -2.10. The number of aromatic nitrogens is 3. The van der Waals surface area contributed by atoms with E-state index in [9.17, 15) is 0 Å². The van der Waals surface area contributed by atoms with Crippen LogP contribution in [0.4, 0.5) is 11.4 Å². The van der Waals surface area contributed by atoms with E-state index < -0.39 is 0 Å². The van der Waals surface area contributed by atoms with Gasteiger partial charge in [-0.15, -0.1) is 0 Å². The first-order valence-electron chi connectivity index (χ1n) is 7.32. The zero-order chi connectivity index (χ0) is 16.5. The van der Waals surface area contributed by atoms with Crippen molar-refractivity contribution < 1.29 is 0 Å². The van der Waals surface area contributed by atoms with Gasteiger partial charge in [-0.3, -0.25) is 5.10 Å². The monoisotopic (exact) mass is 398 g/mol. The molecule has 0 aliphatic rings. The SMILES string of the molecule is Clc1ccc(Nc2cccc(-c3[nH]nc4ncccc34)c2)c(Br)c1. The van der Waals surface area contributed by atoms with Crippen molar-refractivity contribution in [1.82, 2.24) is 15.2 Å². The average molecular weight is 400 g/mol. The van der Waals surface area contributed by atoms with Crippen LogP contribution in [0, 0.1) is 0 Å². The molecule has 0 spiro atoms. The molecule has 2 aromatic carbocycles. The Bertz CT molecular complexity index is 1030. The van der Waals surface area contributed by atoms with Crippen LogP contribution in [-0.4, -0.2) is 15.2 Å². The van der Waals surface area contributed by atoms with Crippen molar-refractivity contribution in [2.45, 2.75) is 0 Å². The van der Waals surface area contributed by atoms with Crippen molar-refractivity contribution in [3.63, 3.8) is 0 Å². The Balaban J connectivity index is 1.71. The lowest BCUT2D eigenvalue weighted by molar-refractivity contribution is 1.10. The molecule has 2 N–H and O–H groups in total. The Kier molecular flexibility index (Phi) is 3.96. The number of anilines is 2. The Morgan fingerprint density at radius 3 is 2.83 bits per heavy atom. The molecule has 0 atom stereocenters. The zero-order valence-corrected chi connectivity index (χ0v) is 14.8. The molecular weight excluding hydrogens is 388 g/mol. The summed E-state index contributed by atoms with van der Waals surface area (Å²) < 4.78 is 0.914. The van der Waals surface area contributed by atoms with E-state index in [2.05, 4.69) is 42.5 Å². The van der Waals surface area contributed by atoms with Gasteiger partial charge in [-0.05, 0) is 58.4 Å². The van der Waals surface area contributed by atoms with Crippen molar-refractivity contribution in [2.24, 2.45) is 0 Å². The number of rotatable bonds is 3. The van der Waals surface area contributed by atoms with Gasteiger partial charge in [-0.25, -0.2) is 4.98 Å². The van der Waals surface area contributed by atoms with Crippen LogP contribution >= 0.6 is 27.5 Å². The molecule has 0 saturated carbocycles. The zero-order valence-electron chi connectivity index (χ0n) is 12.4. The predicted octanol–water partition coefficient (Wildman–Crippen LogP) is 5.78. The van der Waals surface area contributed by atoms with Gasteiger partial charge in [0.05, 0.1) is 11.4 Å². The maximum atomic E-state index is 5.99. The van der Waals surface area contributed by atoms with Crippen molar-refractivity contribution >= 4 is 49.9 Å². The fourth-order valence-electron chi connectivity index (χ4n) is 2.57. The van der Waals surface area contributed by atoms with E-state index in [1.165, 1.54) is 0 Å². The van der Waals surface area contributed by atoms with Gasteiger partial charge in [0.2, 0.25) is 0 Å². The molecule has 0 fully saturated rings. The fourth-order valence-corrected chi connectivity index (χ4v) is 3.35. The number of halogens is 2. The predicted molar refractivity (Wildman–Crippen MR) is 102 cm³/mol. The van der Waals surface area contributed by atoms with Crippen LogP contribution in [0.25, 0.3) is 22.3 Å². The summed E-state index contributed by atoms with van der Waals surface area (Å²) in [6.07, 6.45) is 1.74. The van der Waals surface area contributed by atoms with Gasteiger partial charge in [0, 0.05) is 32.3 Å². The van der Waals surface area contributed by atoms with E-state index >= 15 is 0 Å². The highest BCUT2D eigenvalue weighted by Gasteiger charge is 2.09. The molecule has 24 heavy (non-hydrogen) atoms. The van der Waals surface area contributed by atoms with E-state index in [0.29, 0.717) is 10.7 Å². The van der Waals surface area contributed by atoms with Gasteiger partial charge in [0.1, 0.15) is 0 Å². The molecule has 0 unspecified atom stereocenters. The molecule has 0 radical (unpaired) electrons. The molecule has 0 amide bonds. The number of H-pyrrole nitrogens is 1. The Morgan fingerprint density at radius 2 is 1.96 bits per heavy atom. The van der Waals surface area contributed by atoms with Gasteiger partial charge in [-0.2, -0.15) is 5.10 Å². The summed E-state index contributed by atoms with van der Waals surface area (Å²) in [5.41, 5.74) is 4.64. The number of nitrogens with zero attached hydrogens (tertiary/aromatic N) is 2. The molecular formula is C18H12BrClN4.